The minimum atomic E-state index is -3.88. The number of ether oxygens (including phenoxy) is 1. The Balaban J connectivity index is 1.75. The van der Waals surface area contributed by atoms with E-state index < -0.39 is 28.5 Å². The van der Waals surface area contributed by atoms with Gasteiger partial charge in [0.2, 0.25) is 21.8 Å². The van der Waals surface area contributed by atoms with Crippen LogP contribution in [0.2, 0.25) is 0 Å². The van der Waals surface area contributed by atoms with Crippen LogP contribution in [0.25, 0.3) is 0 Å². The predicted molar refractivity (Wildman–Crippen MR) is 166 cm³/mol. The molecule has 0 aromatic heterocycles. The summed E-state index contributed by atoms with van der Waals surface area (Å²) >= 11 is 0. The second-order valence-corrected chi connectivity index (χ2v) is 12.8. The van der Waals surface area contributed by atoms with E-state index in [4.69, 9.17) is 4.74 Å². The van der Waals surface area contributed by atoms with E-state index in [2.05, 4.69) is 5.32 Å². The van der Waals surface area contributed by atoms with E-state index in [-0.39, 0.29) is 24.2 Å². The van der Waals surface area contributed by atoms with Crippen molar-refractivity contribution in [1.29, 1.82) is 0 Å². The van der Waals surface area contributed by atoms with Crippen LogP contribution in [-0.4, -0.2) is 57.1 Å². The summed E-state index contributed by atoms with van der Waals surface area (Å²) in [6.07, 6.45) is 6.45. The highest BCUT2D eigenvalue weighted by Crippen LogP contribution is 2.30. The highest BCUT2D eigenvalue weighted by molar-refractivity contribution is 7.92. The molecule has 0 aliphatic heterocycles. The van der Waals surface area contributed by atoms with Crippen molar-refractivity contribution in [2.75, 3.05) is 24.2 Å². The Labute approximate surface area is 249 Å². The largest absolute Gasteiger partial charge is 0.495 e. The van der Waals surface area contributed by atoms with Crippen LogP contribution in [0, 0.1) is 6.92 Å². The number of hydrogen-bond acceptors (Lipinski definition) is 5. The number of carbonyl (C=O) groups is 2. The zero-order valence-electron chi connectivity index (χ0n) is 24.7. The number of nitrogens with one attached hydrogen (secondary N) is 1. The molecule has 1 N–H and O–H groups in total. The van der Waals surface area contributed by atoms with Crippen molar-refractivity contribution in [1.82, 2.24) is 10.2 Å². The summed E-state index contributed by atoms with van der Waals surface area (Å²) < 4.78 is 32.6. The summed E-state index contributed by atoms with van der Waals surface area (Å²) in [5, 5.41) is 3.22. The van der Waals surface area contributed by atoms with Crippen molar-refractivity contribution in [2.24, 2.45) is 0 Å². The molecule has 1 atom stereocenters. The van der Waals surface area contributed by atoms with Gasteiger partial charge in [0, 0.05) is 19.0 Å². The molecule has 1 aliphatic carbocycles. The maximum atomic E-state index is 14.3. The van der Waals surface area contributed by atoms with Crippen LogP contribution in [0.5, 0.6) is 5.75 Å². The van der Waals surface area contributed by atoms with E-state index in [1.54, 1.807) is 29.2 Å². The average molecular weight is 592 g/mol. The third-order valence-electron chi connectivity index (χ3n) is 7.86. The summed E-state index contributed by atoms with van der Waals surface area (Å²) in [4.78, 5) is 29.9. The highest BCUT2D eigenvalue weighted by Gasteiger charge is 2.34. The number of carbonyl (C=O) groups excluding carboxylic acids is 2. The van der Waals surface area contributed by atoms with Crippen LogP contribution in [-0.2, 0) is 32.6 Å². The Kier molecular flexibility index (Phi) is 10.6. The molecule has 0 spiro atoms. The van der Waals surface area contributed by atoms with Gasteiger partial charge in [0.05, 0.1) is 19.1 Å². The average Bonchev–Trinajstić information content (AvgIpc) is 2.99. The van der Waals surface area contributed by atoms with E-state index in [0.717, 1.165) is 59.4 Å². The first kappa shape index (κ1) is 31.1. The Bertz CT molecular complexity index is 1460. The zero-order chi connectivity index (χ0) is 30.1. The number of methoxy groups -OCH3 is 1. The van der Waals surface area contributed by atoms with Gasteiger partial charge in [0.1, 0.15) is 18.3 Å². The maximum Gasteiger partial charge on any atom is 0.244 e. The SMILES string of the molecule is COc1ccccc1N(CC(=O)N(Cc1ccccc1C)[C@@H](Cc1ccccc1)C(=O)NC1CCCCC1)S(C)(=O)=O. The zero-order valence-corrected chi connectivity index (χ0v) is 25.5. The molecule has 42 heavy (non-hydrogen) atoms. The minimum absolute atomic E-state index is 0.0565. The lowest BCUT2D eigenvalue weighted by Crippen LogP contribution is -2.55. The van der Waals surface area contributed by atoms with Crippen molar-refractivity contribution in [3.8, 4) is 5.75 Å². The van der Waals surface area contributed by atoms with Gasteiger partial charge in [-0.05, 0) is 48.6 Å². The standard InChI is InChI=1S/C33H41N3O5S/c1-25-14-10-11-17-27(25)23-35(32(37)24-36(42(3,39)40)29-20-12-13-21-31(29)41-2)30(22-26-15-6-4-7-16-26)33(38)34-28-18-8-5-9-19-28/h4,6-7,10-17,20-21,28,30H,5,8-9,18-19,22-24H2,1-3H3,(H,34,38)/t30-/m0/s1. The molecule has 1 saturated carbocycles. The van der Waals surface area contributed by atoms with Crippen LogP contribution < -0.4 is 14.4 Å². The van der Waals surface area contributed by atoms with Gasteiger partial charge in [-0.15, -0.1) is 0 Å². The van der Waals surface area contributed by atoms with E-state index in [1.165, 1.54) is 7.11 Å². The molecule has 4 rings (SSSR count). The molecule has 0 radical (unpaired) electrons. The molecule has 0 bridgehead atoms. The lowest BCUT2D eigenvalue weighted by Gasteiger charge is -2.35. The smallest absolute Gasteiger partial charge is 0.244 e. The number of nitrogens with zero attached hydrogens (tertiary/aromatic N) is 2. The van der Waals surface area contributed by atoms with E-state index in [0.29, 0.717) is 12.2 Å². The van der Waals surface area contributed by atoms with Crippen molar-refractivity contribution in [2.45, 2.75) is 64.1 Å². The summed E-state index contributed by atoms with van der Waals surface area (Å²) in [6.45, 7) is 1.64. The number of aryl methyl sites for hydroxylation is 1. The van der Waals surface area contributed by atoms with Crippen molar-refractivity contribution >= 4 is 27.5 Å². The molecule has 2 amide bonds. The van der Waals surface area contributed by atoms with Gasteiger partial charge in [0.15, 0.2) is 0 Å². The van der Waals surface area contributed by atoms with Gasteiger partial charge in [0.25, 0.3) is 0 Å². The van der Waals surface area contributed by atoms with Gasteiger partial charge >= 0.3 is 0 Å². The number of para-hydroxylation sites is 2. The predicted octanol–water partition coefficient (Wildman–Crippen LogP) is 4.86. The van der Waals surface area contributed by atoms with Gasteiger partial charge < -0.3 is 15.0 Å². The summed E-state index contributed by atoms with van der Waals surface area (Å²) in [7, 11) is -2.43. The second-order valence-electron chi connectivity index (χ2n) is 10.9. The van der Waals surface area contributed by atoms with Gasteiger partial charge in [-0.3, -0.25) is 13.9 Å². The first-order chi connectivity index (χ1) is 20.2. The molecule has 0 heterocycles. The van der Waals surface area contributed by atoms with Crippen LogP contribution in [0.15, 0.2) is 78.9 Å². The van der Waals surface area contributed by atoms with Gasteiger partial charge in [-0.2, -0.15) is 0 Å². The summed E-state index contributed by atoms with van der Waals surface area (Å²) in [5.41, 5.74) is 3.04. The molecule has 8 nitrogen and oxygen atoms in total. The van der Waals surface area contributed by atoms with Gasteiger partial charge in [-0.1, -0.05) is 86.0 Å². The monoisotopic (exact) mass is 591 g/mol. The van der Waals surface area contributed by atoms with Crippen molar-refractivity contribution in [3.05, 3.63) is 95.6 Å². The van der Waals surface area contributed by atoms with Gasteiger partial charge in [-0.25, -0.2) is 8.42 Å². The summed E-state index contributed by atoms with van der Waals surface area (Å²) in [6, 6.07) is 23.2. The maximum absolute atomic E-state index is 14.3. The fourth-order valence-corrected chi connectivity index (χ4v) is 6.35. The second kappa shape index (κ2) is 14.4. The molecule has 0 saturated heterocycles. The first-order valence-corrected chi connectivity index (χ1v) is 16.3. The Morgan fingerprint density at radius 1 is 0.929 bits per heavy atom. The molecule has 3 aromatic carbocycles. The quantitative estimate of drug-likeness (QED) is 0.325. The third-order valence-corrected chi connectivity index (χ3v) is 8.98. The number of sulfonamides is 1. The lowest BCUT2D eigenvalue weighted by atomic mass is 9.94. The van der Waals surface area contributed by atoms with E-state index in [1.807, 2.05) is 61.5 Å². The number of hydrogen-bond donors (Lipinski definition) is 1. The Morgan fingerprint density at radius 3 is 2.24 bits per heavy atom. The number of benzene rings is 3. The fraction of sp³-hybridized carbons (Fsp3) is 0.394. The topological polar surface area (TPSA) is 96.0 Å². The fourth-order valence-electron chi connectivity index (χ4n) is 5.50. The highest BCUT2D eigenvalue weighted by atomic mass is 32.2. The van der Waals surface area contributed by atoms with Crippen molar-refractivity contribution in [3.63, 3.8) is 0 Å². The molecular weight excluding hydrogens is 550 g/mol. The molecule has 1 fully saturated rings. The molecule has 1 aliphatic rings. The molecule has 0 unspecified atom stereocenters. The van der Waals surface area contributed by atoms with Crippen LogP contribution in [0.3, 0.4) is 0 Å². The first-order valence-electron chi connectivity index (χ1n) is 14.5. The Hall–Kier alpha value is -3.85. The lowest BCUT2D eigenvalue weighted by molar-refractivity contribution is -0.140. The molecule has 224 valence electrons. The third kappa shape index (κ3) is 8.12. The van der Waals surface area contributed by atoms with E-state index in [9.17, 15) is 18.0 Å². The molecule has 9 heteroatoms. The normalized spacial score (nSPS) is 14.5. The minimum Gasteiger partial charge on any atom is -0.495 e. The Morgan fingerprint density at radius 2 is 1.57 bits per heavy atom. The van der Waals surface area contributed by atoms with Crippen LogP contribution >= 0.6 is 0 Å². The number of amides is 2. The number of rotatable bonds is 12. The number of anilines is 1. The van der Waals surface area contributed by atoms with Crippen LogP contribution in [0.4, 0.5) is 5.69 Å². The van der Waals surface area contributed by atoms with Crippen molar-refractivity contribution < 1.29 is 22.7 Å². The molecular formula is C33H41N3O5S. The summed E-state index contributed by atoms with van der Waals surface area (Å²) in [5.74, 6) is -0.373. The van der Waals surface area contributed by atoms with Crippen LogP contribution in [0.1, 0.15) is 48.8 Å². The molecule has 3 aromatic rings. The van der Waals surface area contributed by atoms with E-state index >= 15 is 0 Å².